The largest absolute Gasteiger partial charge is 0.494 e. The molecule has 0 saturated carbocycles. The summed E-state index contributed by atoms with van der Waals surface area (Å²) >= 11 is 1.21. The molecule has 1 fully saturated rings. The van der Waals surface area contributed by atoms with Crippen LogP contribution in [0, 0.1) is 12.3 Å². The first-order valence-corrected chi connectivity index (χ1v) is 17.5. The maximum absolute atomic E-state index is 13.6. The Hall–Kier alpha value is -5.18. The van der Waals surface area contributed by atoms with Gasteiger partial charge in [-0.05, 0) is 12.1 Å². The first-order chi connectivity index (χ1) is 25.4. The number of nitrogens with zero attached hydrogens (tertiary/aromatic N) is 4. The van der Waals surface area contributed by atoms with E-state index in [-0.39, 0.29) is 55.9 Å². The zero-order valence-electron chi connectivity index (χ0n) is 28.8. The zero-order chi connectivity index (χ0) is 36.7. The van der Waals surface area contributed by atoms with E-state index in [0.29, 0.717) is 85.6 Å². The number of benzene rings is 1. The molecule has 1 aromatic carbocycles. The summed E-state index contributed by atoms with van der Waals surface area (Å²) in [7, 11) is 1.45. The van der Waals surface area contributed by atoms with Crippen molar-refractivity contribution in [2.24, 2.45) is 0 Å². The van der Waals surface area contributed by atoms with Gasteiger partial charge in [0.1, 0.15) is 28.8 Å². The number of rotatable bonds is 19. The molecule has 16 heteroatoms. The summed E-state index contributed by atoms with van der Waals surface area (Å²) in [5.74, 6) is 0.785. The predicted octanol–water partition coefficient (Wildman–Crippen LogP) is 2.29. The van der Waals surface area contributed by atoms with Crippen LogP contribution in [-0.4, -0.2) is 141 Å². The van der Waals surface area contributed by atoms with Crippen LogP contribution in [0.5, 0.6) is 5.75 Å². The highest BCUT2D eigenvalue weighted by atomic mass is 32.1. The number of carbonyl (C=O) groups excluding carboxylic acids is 4. The molecule has 1 saturated heterocycles. The van der Waals surface area contributed by atoms with Crippen LogP contribution in [-0.2, 0) is 23.7 Å². The number of aromatic amines is 1. The second kappa shape index (κ2) is 19.4. The van der Waals surface area contributed by atoms with Crippen molar-refractivity contribution in [1.29, 1.82) is 0 Å². The fraction of sp³-hybridized carbons (Fsp3) is 0.389. The van der Waals surface area contributed by atoms with E-state index in [4.69, 9.17) is 30.1 Å². The standard InChI is InChI=1S/C36H40N6O9S/c1-3-14-48-16-18-50-20-21-51-19-17-49-15-9-37-33(44)27-24-52-34(40-27)31-30-29(28(47-2)23-39-31)26(22-38-30)32(43)36(46)42-12-10-41(11-13-42)35(45)25-7-5-4-6-8-25/h1,4-8,22-24,38H,9-21H2,2H3,(H,37,44). The van der Waals surface area contributed by atoms with Crippen molar-refractivity contribution < 1.29 is 42.9 Å². The van der Waals surface area contributed by atoms with Crippen LogP contribution in [0.4, 0.5) is 0 Å². The SMILES string of the molecule is C#CCOCCOCCOCCOCCNC(=O)c1csc(-c2ncc(OC)c3c(C(=O)C(=O)N4CCN(C(=O)c5ccccc5)CC4)c[nH]c23)n1. The summed E-state index contributed by atoms with van der Waals surface area (Å²) in [5, 5.41) is 5.20. The van der Waals surface area contributed by atoms with E-state index in [2.05, 4.69) is 26.2 Å². The lowest BCUT2D eigenvalue weighted by molar-refractivity contribution is -0.127. The molecule has 0 atom stereocenters. The molecule has 5 rings (SSSR count). The average Bonchev–Trinajstić information content (AvgIpc) is 3.86. The number of H-pyrrole nitrogens is 1. The van der Waals surface area contributed by atoms with Crippen LogP contribution in [0.15, 0.2) is 48.1 Å². The Kier molecular flexibility index (Phi) is 14.2. The van der Waals surface area contributed by atoms with Crippen molar-refractivity contribution in [3.63, 3.8) is 0 Å². The quantitative estimate of drug-likeness (QED) is 0.0627. The summed E-state index contributed by atoms with van der Waals surface area (Å²) in [5.41, 5.74) is 1.72. The lowest BCUT2D eigenvalue weighted by atomic mass is 10.1. The first kappa shape index (κ1) is 38.1. The van der Waals surface area contributed by atoms with Crippen molar-refractivity contribution in [2.45, 2.75) is 0 Å². The number of piperazine rings is 1. The second-order valence-electron chi connectivity index (χ2n) is 11.3. The Morgan fingerprint density at radius 2 is 1.58 bits per heavy atom. The molecule has 15 nitrogen and oxygen atoms in total. The smallest absolute Gasteiger partial charge is 0.295 e. The van der Waals surface area contributed by atoms with E-state index in [1.54, 1.807) is 34.5 Å². The van der Waals surface area contributed by atoms with Crippen LogP contribution in [0.25, 0.3) is 21.6 Å². The van der Waals surface area contributed by atoms with Gasteiger partial charge >= 0.3 is 0 Å². The Morgan fingerprint density at radius 1 is 0.923 bits per heavy atom. The molecular weight excluding hydrogens is 692 g/mol. The maximum atomic E-state index is 13.6. The summed E-state index contributed by atoms with van der Waals surface area (Å²) in [6.07, 6.45) is 8.00. The number of amides is 3. The minimum absolute atomic E-state index is 0.118. The van der Waals surface area contributed by atoms with E-state index < -0.39 is 11.7 Å². The van der Waals surface area contributed by atoms with Gasteiger partial charge in [0.15, 0.2) is 0 Å². The minimum atomic E-state index is -0.718. The molecule has 0 unspecified atom stereocenters. The van der Waals surface area contributed by atoms with E-state index in [1.807, 2.05) is 6.07 Å². The van der Waals surface area contributed by atoms with Crippen LogP contribution >= 0.6 is 11.3 Å². The van der Waals surface area contributed by atoms with Gasteiger partial charge in [-0.15, -0.1) is 17.8 Å². The molecule has 0 spiro atoms. The second-order valence-corrected chi connectivity index (χ2v) is 12.2. The maximum Gasteiger partial charge on any atom is 0.295 e. The number of nitrogens with one attached hydrogen (secondary N) is 2. The van der Waals surface area contributed by atoms with Gasteiger partial charge in [0.2, 0.25) is 0 Å². The van der Waals surface area contributed by atoms with E-state index in [1.165, 1.54) is 35.7 Å². The zero-order valence-corrected chi connectivity index (χ0v) is 29.6. The highest BCUT2D eigenvalue weighted by Crippen LogP contribution is 2.36. The molecular formula is C36H40N6O9S. The number of ketones is 1. The van der Waals surface area contributed by atoms with Crippen molar-refractivity contribution in [3.8, 4) is 28.8 Å². The average molecular weight is 733 g/mol. The van der Waals surface area contributed by atoms with Crippen molar-refractivity contribution in [3.05, 3.63) is 64.9 Å². The number of carbonyl (C=O) groups is 4. The van der Waals surface area contributed by atoms with Gasteiger partial charge in [-0.1, -0.05) is 24.1 Å². The third kappa shape index (κ3) is 9.78. The Labute approximate surface area is 304 Å². The molecule has 1 aliphatic rings. The first-order valence-electron chi connectivity index (χ1n) is 16.6. The highest BCUT2D eigenvalue weighted by molar-refractivity contribution is 7.13. The van der Waals surface area contributed by atoms with E-state index >= 15 is 0 Å². The number of aromatic nitrogens is 3. The van der Waals surface area contributed by atoms with Gasteiger partial charge < -0.3 is 43.8 Å². The fourth-order valence-corrected chi connectivity index (χ4v) is 6.15. The summed E-state index contributed by atoms with van der Waals surface area (Å²) < 4.78 is 26.9. The van der Waals surface area contributed by atoms with E-state index in [9.17, 15) is 19.2 Å². The molecule has 4 heterocycles. The van der Waals surface area contributed by atoms with Crippen LogP contribution in [0.1, 0.15) is 31.2 Å². The summed E-state index contributed by atoms with van der Waals surface area (Å²) in [6.45, 7) is 4.37. The van der Waals surface area contributed by atoms with Gasteiger partial charge in [0.25, 0.3) is 23.5 Å². The molecule has 52 heavy (non-hydrogen) atoms. The van der Waals surface area contributed by atoms with Crippen LogP contribution < -0.4 is 10.1 Å². The van der Waals surface area contributed by atoms with Gasteiger partial charge in [-0.2, -0.15) is 0 Å². The Bertz CT molecular complexity index is 1860. The number of methoxy groups -OCH3 is 1. The van der Waals surface area contributed by atoms with E-state index in [0.717, 1.165) is 0 Å². The van der Waals surface area contributed by atoms with Crippen molar-refractivity contribution in [1.82, 2.24) is 30.1 Å². The molecule has 274 valence electrons. The lowest BCUT2D eigenvalue weighted by Crippen LogP contribution is -2.52. The van der Waals surface area contributed by atoms with Crippen molar-refractivity contribution >= 4 is 45.7 Å². The predicted molar refractivity (Wildman–Crippen MR) is 191 cm³/mol. The minimum Gasteiger partial charge on any atom is -0.494 e. The van der Waals surface area contributed by atoms with Gasteiger partial charge in [-0.25, -0.2) is 9.97 Å². The molecule has 0 radical (unpaired) electrons. The topological polar surface area (TPSA) is 175 Å². The number of ether oxygens (including phenoxy) is 5. The molecule has 4 aromatic rings. The van der Waals surface area contributed by atoms with Crippen molar-refractivity contribution in [2.75, 3.05) is 92.7 Å². The van der Waals surface area contributed by atoms with Crippen LogP contribution in [0.3, 0.4) is 0 Å². The monoisotopic (exact) mass is 732 g/mol. The molecule has 1 aliphatic heterocycles. The Balaban J connectivity index is 1.11. The number of terminal acetylenes is 1. The number of fused-ring (bicyclic) bond motifs is 1. The third-order valence-corrected chi connectivity index (χ3v) is 8.83. The highest BCUT2D eigenvalue weighted by Gasteiger charge is 2.31. The van der Waals surface area contributed by atoms with Crippen LogP contribution in [0.2, 0.25) is 0 Å². The third-order valence-electron chi connectivity index (χ3n) is 7.98. The number of pyridine rings is 1. The molecule has 3 amide bonds. The normalized spacial score (nSPS) is 12.8. The lowest BCUT2D eigenvalue weighted by Gasteiger charge is -2.34. The molecule has 0 bridgehead atoms. The summed E-state index contributed by atoms with van der Waals surface area (Å²) in [6, 6.07) is 8.93. The van der Waals surface area contributed by atoms with Gasteiger partial charge in [0, 0.05) is 49.9 Å². The van der Waals surface area contributed by atoms with Gasteiger partial charge in [-0.3, -0.25) is 19.2 Å². The fourth-order valence-electron chi connectivity index (χ4n) is 5.35. The molecule has 3 aromatic heterocycles. The molecule has 2 N–H and O–H groups in total. The number of Topliss-reactive ketones (excluding diaryl/α,β-unsaturated/α-hetero) is 1. The number of thiazole rings is 1. The van der Waals surface area contributed by atoms with Gasteiger partial charge in [0.05, 0.1) is 76.0 Å². The number of hydrogen-bond donors (Lipinski definition) is 2. The number of hydrogen-bond acceptors (Lipinski definition) is 12. The molecule has 0 aliphatic carbocycles. The Morgan fingerprint density at radius 3 is 2.25 bits per heavy atom. The summed E-state index contributed by atoms with van der Waals surface area (Å²) in [4.78, 5) is 67.7.